The maximum Gasteiger partial charge on any atom is 0.374 e. The molecule has 1 heterocycles. The van der Waals surface area contributed by atoms with Gasteiger partial charge in [-0.3, -0.25) is 19.2 Å². The number of carboxylic acids is 1. The number of carbonyl (C=O) groups is 5. The molecule has 0 saturated carbocycles. The van der Waals surface area contributed by atoms with Gasteiger partial charge in [-0.2, -0.15) is 0 Å². The van der Waals surface area contributed by atoms with Crippen molar-refractivity contribution >= 4 is 35.2 Å². The monoisotopic (exact) mass is 493 g/mol. The molecule has 0 radical (unpaired) electrons. The van der Waals surface area contributed by atoms with Gasteiger partial charge in [0, 0.05) is 39.1 Å². The molecule has 0 bridgehead atoms. The fourth-order valence-corrected chi connectivity index (χ4v) is 4.07. The summed E-state index contributed by atoms with van der Waals surface area (Å²) in [5.41, 5.74) is 1.20. The number of hydrogen-bond acceptors (Lipinski definition) is 6. The summed E-state index contributed by atoms with van der Waals surface area (Å²) in [5.74, 6) is -4.88. The number of Topliss-reactive ketones (excluding diaryl/α,β-unsaturated/α-hetero) is 1. The third kappa shape index (κ3) is 5.49. The SMILES string of the molecule is COCC1C(=O)N(N(C(C)=O)[C@@H](Cc2ccccc2)C(=O)C(=O)O)C(c2ccccc2)=CN1C(C)=O. The number of ketones is 1. The number of hydrazine groups is 1. The van der Waals surface area contributed by atoms with Gasteiger partial charge in [0.05, 0.1) is 12.3 Å². The topological polar surface area (TPSA) is 125 Å². The maximum absolute atomic E-state index is 13.9. The van der Waals surface area contributed by atoms with Crippen LogP contribution in [-0.4, -0.2) is 75.3 Å². The molecule has 1 N–H and O–H groups in total. The van der Waals surface area contributed by atoms with Crippen LogP contribution < -0.4 is 0 Å². The Morgan fingerprint density at radius 2 is 1.58 bits per heavy atom. The molecular weight excluding hydrogens is 466 g/mol. The van der Waals surface area contributed by atoms with E-state index in [2.05, 4.69) is 0 Å². The lowest BCUT2D eigenvalue weighted by molar-refractivity contribution is -0.171. The van der Waals surface area contributed by atoms with Crippen LogP contribution in [0, 0.1) is 0 Å². The van der Waals surface area contributed by atoms with Crippen molar-refractivity contribution in [2.75, 3.05) is 13.7 Å². The highest BCUT2D eigenvalue weighted by Gasteiger charge is 2.45. The van der Waals surface area contributed by atoms with E-state index in [1.165, 1.54) is 25.1 Å². The molecule has 3 amide bonds. The van der Waals surface area contributed by atoms with Crippen molar-refractivity contribution in [3.63, 3.8) is 0 Å². The van der Waals surface area contributed by atoms with Gasteiger partial charge in [0.2, 0.25) is 11.8 Å². The molecule has 0 aliphatic carbocycles. The molecule has 188 valence electrons. The number of carboxylic acid groups (broad SMARTS) is 1. The van der Waals surface area contributed by atoms with Crippen molar-refractivity contribution in [1.29, 1.82) is 0 Å². The van der Waals surface area contributed by atoms with Crippen molar-refractivity contribution in [2.24, 2.45) is 0 Å². The quantitative estimate of drug-likeness (QED) is 0.528. The van der Waals surface area contributed by atoms with E-state index in [0.29, 0.717) is 11.1 Å². The fraction of sp³-hybridized carbons (Fsp3) is 0.269. The standard InChI is InChI=1S/C26H27N3O7/c1-17(30)27-15-22(20-12-8-5-9-13-20)29(25(33)23(27)16-36-3)28(18(2)31)21(24(32)26(34)35)14-19-10-6-4-7-11-19/h4-13,15,21,23H,14,16H2,1-3H3,(H,34,35)/t21-,23?/m0/s1. The summed E-state index contributed by atoms with van der Waals surface area (Å²) in [5, 5.41) is 11.4. The zero-order chi connectivity index (χ0) is 26.4. The van der Waals surface area contributed by atoms with Crippen molar-refractivity contribution < 1.29 is 33.8 Å². The fourth-order valence-electron chi connectivity index (χ4n) is 4.07. The molecular formula is C26H27N3O7. The number of nitrogens with zero attached hydrogens (tertiary/aromatic N) is 3. The minimum atomic E-state index is -1.74. The highest BCUT2D eigenvalue weighted by atomic mass is 16.5. The molecule has 0 saturated heterocycles. The van der Waals surface area contributed by atoms with Crippen molar-refractivity contribution in [3.8, 4) is 0 Å². The lowest BCUT2D eigenvalue weighted by Gasteiger charge is -2.45. The predicted molar refractivity (Wildman–Crippen MR) is 129 cm³/mol. The van der Waals surface area contributed by atoms with Gasteiger partial charge in [0.25, 0.3) is 11.7 Å². The van der Waals surface area contributed by atoms with Gasteiger partial charge in [-0.15, -0.1) is 0 Å². The third-order valence-corrected chi connectivity index (χ3v) is 5.70. The molecule has 1 aliphatic rings. The zero-order valence-electron chi connectivity index (χ0n) is 20.2. The number of hydrogen-bond donors (Lipinski definition) is 1. The first-order valence-corrected chi connectivity index (χ1v) is 11.2. The summed E-state index contributed by atoms with van der Waals surface area (Å²) in [7, 11) is 1.36. The van der Waals surface area contributed by atoms with E-state index >= 15 is 0 Å². The van der Waals surface area contributed by atoms with Gasteiger partial charge >= 0.3 is 5.97 Å². The van der Waals surface area contributed by atoms with Gasteiger partial charge in [0.1, 0.15) is 12.1 Å². The first-order valence-electron chi connectivity index (χ1n) is 11.2. The summed E-state index contributed by atoms with van der Waals surface area (Å²) >= 11 is 0. The second kappa shape index (κ2) is 11.4. The van der Waals surface area contributed by atoms with Crippen LogP contribution in [0.4, 0.5) is 0 Å². The summed E-state index contributed by atoms with van der Waals surface area (Å²) in [4.78, 5) is 65.3. The van der Waals surface area contributed by atoms with Crippen LogP contribution >= 0.6 is 0 Å². The van der Waals surface area contributed by atoms with E-state index in [1.54, 1.807) is 60.7 Å². The van der Waals surface area contributed by atoms with Crippen LogP contribution in [0.5, 0.6) is 0 Å². The molecule has 10 heteroatoms. The lowest BCUT2D eigenvalue weighted by Crippen LogP contribution is -2.63. The summed E-state index contributed by atoms with van der Waals surface area (Å²) < 4.78 is 5.17. The van der Waals surface area contributed by atoms with Crippen LogP contribution in [0.15, 0.2) is 66.9 Å². The van der Waals surface area contributed by atoms with Gasteiger partial charge in [-0.05, 0) is 5.56 Å². The number of carbonyl (C=O) groups excluding carboxylic acids is 4. The van der Waals surface area contributed by atoms with E-state index < -0.39 is 41.6 Å². The van der Waals surface area contributed by atoms with Crippen LogP contribution in [0.1, 0.15) is 25.0 Å². The van der Waals surface area contributed by atoms with Gasteiger partial charge in [-0.1, -0.05) is 60.7 Å². The van der Waals surface area contributed by atoms with Gasteiger partial charge in [-0.25, -0.2) is 14.8 Å². The average molecular weight is 494 g/mol. The van der Waals surface area contributed by atoms with E-state index in [4.69, 9.17) is 4.74 Å². The largest absolute Gasteiger partial charge is 0.475 e. The van der Waals surface area contributed by atoms with Crippen LogP contribution in [0.3, 0.4) is 0 Å². The Morgan fingerprint density at radius 1 is 1.00 bits per heavy atom. The number of aliphatic carboxylic acids is 1. The molecule has 10 nitrogen and oxygen atoms in total. The summed E-state index contributed by atoms with van der Waals surface area (Å²) in [6.07, 6.45) is 1.26. The Kier molecular flexibility index (Phi) is 8.34. The van der Waals surface area contributed by atoms with E-state index in [9.17, 15) is 29.1 Å². The molecule has 2 aromatic rings. The number of amides is 3. The first-order chi connectivity index (χ1) is 17.2. The van der Waals surface area contributed by atoms with Crippen LogP contribution in [0.2, 0.25) is 0 Å². The Morgan fingerprint density at radius 3 is 2.08 bits per heavy atom. The molecule has 36 heavy (non-hydrogen) atoms. The van der Waals surface area contributed by atoms with Crippen LogP contribution in [-0.2, 0) is 35.1 Å². The number of ether oxygens (including phenoxy) is 1. The number of methoxy groups -OCH3 is 1. The Balaban J connectivity index is 2.24. The Hall–Kier alpha value is -4.31. The Labute approximate surface area is 208 Å². The molecule has 0 aromatic heterocycles. The van der Waals surface area contributed by atoms with Crippen molar-refractivity contribution in [2.45, 2.75) is 32.4 Å². The van der Waals surface area contributed by atoms with Gasteiger partial charge in [0.15, 0.2) is 0 Å². The predicted octanol–water partition coefficient (Wildman–Crippen LogP) is 1.72. The first kappa shape index (κ1) is 26.3. The van der Waals surface area contributed by atoms with E-state index in [-0.39, 0.29) is 18.7 Å². The average Bonchev–Trinajstić information content (AvgIpc) is 2.86. The number of rotatable bonds is 9. The molecule has 2 aromatic carbocycles. The minimum absolute atomic E-state index is 0.134. The molecule has 0 fully saturated rings. The molecule has 1 aliphatic heterocycles. The highest BCUT2D eigenvalue weighted by molar-refractivity contribution is 6.35. The minimum Gasteiger partial charge on any atom is -0.475 e. The highest BCUT2D eigenvalue weighted by Crippen LogP contribution is 2.31. The summed E-state index contributed by atoms with van der Waals surface area (Å²) in [6, 6.07) is 14.4. The smallest absolute Gasteiger partial charge is 0.374 e. The lowest BCUT2D eigenvalue weighted by atomic mass is 10.0. The number of benzene rings is 2. The van der Waals surface area contributed by atoms with E-state index in [0.717, 1.165) is 16.9 Å². The zero-order valence-corrected chi connectivity index (χ0v) is 20.2. The second-order valence-electron chi connectivity index (χ2n) is 8.17. The van der Waals surface area contributed by atoms with Crippen molar-refractivity contribution in [3.05, 3.63) is 78.0 Å². The van der Waals surface area contributed by atoms with Gasteiger partial charge < -0.3 is 14.7 Å². The molecule has 3 rings (SSSR count). The van der Waals surface area contributed by atoms with Crippen molar-refractivity contribution in [1.82, 2.24) is 14.9 Å². The second-order valence-corrected chi connectivity index (χ2v) is 8.17. The normalized spacial score (nSPS) is 16.2. The van der Waals surface area contributed by atoms with E-state index in [1.807, 2.05) is 0 Å². The van der Waals surface area contributed by atoms with Crippen LogP contribution in [0.25, 0.3) is 5.70 Å². The summed E-state index contributed by atoms with van der Waals surface area (Å²) in [6.45, 7) is 2.25. The molecule has 1 unspecified atom stereocenters. The Bertz CT molecular complexity index is 1180. The third-order valence-electron chi connectivity index (χ3n) is 5.70. The maximum atomic E-state index is 13.9. The molecule has 0 spiro atoms. The molecule has 2 atom stereocenters.